The second-order valence-electron chi connectivity index (χ2n) is 10.5. The number of urea groups is 1. The molecule has 1 aromatic carbocycles. The first kappa shape index (κ1) is 28.8. The molecule has 206 valence electrons. The molecule has 11 heteroatoms. The van der Waals surface area contributed by atoms with Crippen molar-refractivity contribution in [2.45, 2.75) is 83.6 Å². The van der Waals surface area contributed by atoms with Crippen LogP contribution in [0.3, 0.4) is 0 Å². The third-order valence-corrected chi connectivity index (χ3v) is 7.00. The quantitative estimate of drug-likeness (QED) is 0.300. The van der Waals surface area contributed by atoms with Crippen molar-refractivity contribution in [1.29, 1.82) is 0 Å². The lowest BCUT2D eigenvalue weighted by atomic mass is 9.90. The van der Waals surface area contributed by atoms with Gasteiger partial charge in [0.1, 0.15) is 12.4 Å². The number of benzene rings is 1. The summed E-state index contributed by atoms with van der Waals surface area (Å²) in [5, 5.41) is 21.4. The Morgan fingerprint density at radius 2 is 2.00 bits per heavy atom. The van der Waals surface area contributed by atoms with E-state index in [1.807, 2.05) is 38.1 Å². The number of para-hydroxylation sites is 1. The molecular weight excluding hydrogens is 472 g/mol. The molecule has 0 radical (unpaired) electrons. The minimum absolute atomic E-state index is 0.0110. The Labute approximate surface area is 220 Å². The van der Waals surface area contributed by atoms with Crippen LogP contribution in [0.15, 0.2) is 24.3 Å². The van der Waals surface area contributed by atoms with Crippen LogP contribution < -0.4 is 26.4 Å². The van der Waals surface area contributed by atoms with E-state index in [-0.39, 0.29) is 18.1 Å². The molecule has 1 aliphatic rings. The molecule has 2 atom stereocenters. The van der Waals surface area contributed by atoms with Gasteiger partial charge in [-0.15, -0.1) is 5.10 Å². The maximum atomic E-state index is 11.6. The van der Waals surface area contributed by atoms with E-state index in [4.69, 9.17) is 15.2 Å². The van der Waals surface area contributed by atoms with Gasteiger partial charge in [-0.1, -0.05) is 37.5 Å². The van der Waals surface area contributed by atoms with Crippen molar-refractivity contribution in [2.24, 2.45) is 11.7 Å². The average Bonchev–Trinajstić information content (AvgIpc) is 3.35. The van der Waals surface area contributed by atoms with Crippen molar-refractivity contribution in [3.8, 4) is 5.75 Å². The van der Waals surface area contributed by atoms with Crippen molar-refractivity contribution in [2.75, 3.05) is 26.9 Å². The lowest BCUT2D eigenvalue weighted by Gasteiger charge is -2.32. The molecular formula is C26H44N8O3. The molecule has 5 N–H and O–H groups in total. The van der Waals surface area contributed by atoms with Gasteiger partial charge in [-0.3, -0.25) is 0 Å². The predicted octanol–water partition coefficient (Wildman–Crippen LogP) is 2.53. The van der Waals surface area contributed by atoms with Crippen molar-refractivity contribution < 1.29 is 14.3 Å². The SMILES string of the molecule is CNC(=O)NCc1ccccc1OCCn1nnnc1C(COCC1CCCCC1)NC(C)C(C)(C)N. The van der Waals surface area contributed by atoms with Crippen molar-refractivity contribution in [3.05, 3.63) is 35.7 Å². The molecule has 1 saturated carbocycles. The van der Waals surface area contributed by atoms with Crippen LogP contribution in [-0.4, -0.2) is 64.7 Å². The van der Waals surface area contributed by atoms with Gasteiger partial charge in [0.15, 0.2) is 5.82 Å². The number of hydrogen-bond donors (Lipinski definition) is 4. The number of nitrogens with one attached hydrogen (secondary N) is 3. The molecule has 1 heterocycles. The molecule has 1 aromatic heterocycles. The molecule has 2 amide bonds. The summed E-state index contributed by atoms with van der Waals surface area (Å²) in [6.07, 6.45) is 6.38. The molecule has 11 nitrogen and oxygen atoms in total. The standard InChI is InChI=1S/C26H44N8O3/c1-19(26(2,3)27)30-22(18-36-17-20-10-6-5-7-11-20)24-31-32-33-34(24)14-15-37-23-13-9-8-12-21(23)16-29-25(35)28-4/h8-9,12-13,19-20,22,30H,5-7,10-11,14-18,27H2,1-4H3,(H2,28,29,35). The molecule has 0 aliphatic heterocycles. The summed E-state index contributed by atoms with van der Waals surface area (Å²) in [6.45, 7) is 8.47. The predicted molar refractivity (Wildman–Crippen MR) is 142 cm³/mol. The maximum Gasteiger partial charge on any atom is 0.314 e. The first-order valence-corrected chi connectivity index (χ1v) is 13.3. The van der Waals surface area contributed by atoms with E-state index in [2.05, 4.69) is 38.4 Å². The average molecular weight is 517 g/mol. The van der Waals surface area contributed by atoms with E-state index in [0.29, 0.717) is 43.8 Å². The van der Waals surface area contributed by atoms with E-state index in [1.54, 1.807) is 11.7 Å². The number of carbonyl (C=O) groups is 1. The van der Waals surface area contributed by atoms with Crippen LogP contribution in [0.5, 0.6) is 5.75 Å². The first-order valence-electron chi connectivity index (χ1n) is 13.3. The molecule has 0 spiro atoms. The number of rotatable bonds is 14. The van der Waals surface area contributed by atoms with Crippen LogP contribution in [0.2, 0.25) is 0 Å². The molecule has 1 aliphatic carbocycles. The van der Waals surface area contributed by atoms with Gasteiger partial charge in [0.05, 0.1) is 19.2 Å². The molecule has 2 aromatic rings. The van der Waals surface area contributed by atoms with Crippen LogP contribution in [-0.2, 0) is 17.8 Å². The molecule has 2 unspecified atom stereocenters. The highest BCUT2D eigenvalue weighted by atomic mass is 16.5. The minimum Gasteiger partial charge on any atom is -0.491 e. The number of nitrogens with two attached hydrogens (primary N) is 1. The molecule has 3 rings (SSSR count). The highest BCUT2D eigenvalue weighted by molar-refractivity contribution is 5.73. The summed E-state index contributed by atoms with van der Waals surface area (Å²) in [4.78, 5) is 11.6. The number of aromatic nitrogens is 4. The van der Waals surface area contributed by atoms with Crippen molar-refractivity contribution >= 4 is 6.03 Å². The monoisotopic (exact) mass is 516 g/mol. The zero-order chi connectivity index (χ0) is 26.7. The highest BCUT2D eigenvalue weighted by Gasteiger charge is 2.28. The molecule has 1 fully saturated rings. The largest absolute Gasteiger partial charge is 0.491 e. The smallest absolute Gasteiger partial charge is 0.314 e. The summed E-state index contributed by atoms with van der Waals surface area (Å²) >= 11 is 0. The number of tetrazole rings is 1. The van der Waals surface area contributed by atoms with Crippen molar-refractivity contribution in [3.63, 3.8) is 0 Å². The zero-order valence-corrected chi connectivity index (χ0v) is 22.7. The molecule has 0 bridgehead atoms. The summed E-state index contributed by atoms with van der Waals surface area (Å²) in [6, 6.07) is 7.19. The highest BCUT2D eigenvalue weighted by Crippen LogP contribution is 2.24. The van der Waals surface area contributed by atoms with Gasteiger partial charge >= 0.3 is 6.03 Å². The lowest BCUT2D eigenvalue weighted by Crippen LogP contribution is -2.53. The Kier molecular flexibility index (Phi) is 11.1. The summed E-state index contributed by atoms with van der Waals surface area (Å²) in [5.41, 5.74) is 6.83. The summed E-state index contributed by atoms with van der Waals surface area (Å²) in [5.74, 6) is 2.02. The van der Waals surface area contributed by atoms with E-state index in [9.17, 15) is 4.79 Å². The second-order valence-corrected chi connectivity index (χ2v) is 10.5. The third kappa shape index (κ3) is 9.24. The number of hydrogen-bond acceptors (Lipinski definition) is 8. The van der Waals surface area contributed by atoms with Crippen LogP contribution in [0.4, 0.5) is 4.79 Å². The van der Waals surface area contributed by atoms with Gasteiger partial charge < -0.3 is 31.2 Å². The van der Waals surface area contributed by atoms with Gasteiger partial charge in [-0.2, -0.15) is 0 Å². The van der Waals surface area contributed by atoms with Gasteiger partial charge in [0.2, 0.25) is 0 Å². The fourth-order valence-corrected chi connectivity index (χ4v) is 4.34. The Morgan fingerprint density at radius 3 is 2.73 bits per heavy atom. The van der Waals surface area contributed by atoms with E-state index in [0.717, 1.165) is 12.2 Å². The Morgan fingerprint density at radius 1 is 1.24 bits per heavy atom. The topological polar surface area (TPSA) is 141 Å². The third-order valence-electron chi connectivity index (χ3n) is 7.00. The van der Waals surface area contributed by atoms with Gasteiger partial charge in [0.25, 0.3) is 0 Å². The lowest BCUT2D eigenvalue weighted by molar-refractivity contribution is 0.0624. The Hall–Kier alpha value is -2.76. The molecule has 37 heavy (non-hydrogen) atoms. The van der Waals surface area contributed by atoms with Crippen LogP contribution in [0.1, 0.15) is 70.3 Å². The van der Waals surface area contributed by atoms with Crippen molar-refractivity contribution in [1.82, 2.24) is 36.2 Å². The summed E-state index contributed by atoms with van der Waals surface area (Å²) in [7, 11) is 1.58. The maximum absolute atomic E-state index is 11.6. The first-order chi connectivity index (χ1) is 17.8. The fraction of sp³-hybridized carbons (Fsp3) is 0.692. The van der Waals surface area contributed by atoms with Gasteiger partial charge in [-0.05, 0) is 56.0 Å². The zero-order valence-electron chi connectivity index (χ0n) is 22.7. The van der Waals surface area contributed by atoms with Gasteiger partial charge in [-0.25, -0.2) is 9.48 Å². The van der Waals surface area contributed by atoms with Crippen LogP contribution >= 0.6 is 0 Å². The second kappa shape index (κ2) is 14.3. The number of ether oxygens (including phenoxy) is 2. The van der Waals surface area contributed by atoms with E-state index < -0.39 is 5.54 Å². The Bertz CT molecular complexity index is 955. The van der Waals surface area contributed by atoms with Crippen LogP contribution in [0.25, 0.3) is 0 Å². The minimum atomic E-state index is -0.421. The number of carbonyl (C=O) groups excluding carboxylic acids is 1. The number of amides is 2. The normalized spacial score (nSPS) is 16.2. The van der Waals surface area contributed by atoms with E-state index >= 15 is 0 Å². The number of nitrogens with zero attached hydrogens (tertiary/aromatic N) is 4. The van der Waals surface area contributed by atoms with Crippen LogP contribution in [0, 0.1) is 5.92 Å². The summed E-state index contributed by atoms with van der Waals surface area (Å²) < 4.78 is 14.0. The van der Waals surface area contributed by atoms with E-state index in [1.165, 1.54) is 32.1 Å². The Balaban J connectivity index is 1.62. The molecule has 0 saturated heterocycles. The fourth-order valence-electron chi connectivity index (χ4n) is 4.34. The van der Waals surface area contributed by atoms with Gasteiger partial charge in [0, 0.05) is 37.3 Å².